The van der Waals surface area contributed by atoms with Gasteiger partial charge in [-0.05, 0) is 31.0 Å². The first-order valence-corrected chi connectivity index (χ1v) is 11.0. The maximum Gasteiger partial charge on any atom is 0.270 e. The molecule has 31 heavy (non-hydrogen) atoms. The molecule has 2 aromatic carbocycles. The lowest BCUT2D eigenvalue weighted by Crippen LogP contribution is -2.64. The van der Waals surface area contributed by atoms with E-state index in [1.165, 1.54) is 6.07 Å². The summed E-state index contributed by atoms with van der Waals surface area (Å²) in [4.78, 5) is 13.6. The number of rotatable bonds is 2. The van der Waals surface area contributed by atoms with Crippen molar-refractivity contribution >= 4 is 5.69 Å². The number of nitro benzene ring substituents is 1. The van der Waals surface area contributed by atoms with Gasteiger partial charge < -0.3 is 9.47 Å². The molecule has 2 heterocycles. The summed E-state index contributed by atoms with van der Waals surface area (Å²) in [7, 11) is 0. The molecule has 1 aliphatic carbocycles. The molecule has 160 valence electrons. The number of hydrogen-bond donors (Lipinski definition) is 0. The molecule has 0 unspecified atom stereocenters. The fourth-order valence-corrected chi connectivity index (χ4v) is 5.36. The van der Waals surface area contributed by atoms with Crippen molar-refractivity contribution in [2.24, 2.45) is 5.92 Å². The Bertz CT molecular complexity index is 1020. The summed E-state index contributed by atoms with van der Waals surface area (Å²) >= 11 is 0. The Morgan fingerprint density at radius 2 is 1.90 bits per heavy atom. The third-order valence-corrected chi connectivity index (χ3v) is 6.80. The Morgan fingerprint density at radius 1 is 1.10 bits per heavy atom. The van der Waals surface area contributed by atoms with Gasteiger partial charge in [0.15, 0.2) is 5.72 Å². The van der Waals surface area contributed by atoms with Gasteiger partial charge in [0, 0.05) is 48.7 Å². The molecule has 0 bridgehead atoms. The van der Waals surface area contributed by atoms with Crippen LogP contribution in [0.4, 0.5) is 5.69 Å². The van der Waals surface area contributed by atoms with Crippen LogP contribution in [0, 0.1) is 27.9 Å². The fraction of sp³-hybridized carbons (Fsp3) is 0.440. The fourth-order valence-electron chi connectivity index (χ4n) is 5.36. The van der Waals surface area contributed by atoms with Crippen molar-refractivity contribution in [2.75, 3.05) is 26.3 Å². The van der Waals surface area contributed by atoms with E-state index in [1.807, 2.05) is 30.3 Å². The average Bonchev–Trinajstić information content (AvgIpc) is 2.82. The van der Waals surface area contributed by atoms with E-state index in [1.54, 1.807) is 12.1 Å². The van der Waals surface area contributed by atoms with Crippen LogP contribution in [0.25, 0.3) is 0 Å². The van der Waals surface area contributed by atoms with Gasteiger partial charge in [-0.3, -0.25) is 15.0 Å². The van der Waals surface area contributed by atoms with Crippen molar-refractivity contribution < 1.29 is 14.4 Å². The van der Waals surface area contributed by atoms with Crippen molar-refractivity contribution in [3.8, 4) is 17.6 Å². The lowest BCUT2D eigenvalue weighted by atomic mass is 9.68. The number of ether oxygens (including phenoxy) is 2. The molecule has 6 nitrogen and oxygen atoms in total. The minimum atomic E-state index is -0.429. The molecule has 2 aromatic rings. The van der Waals surface area contributed by atoms with Gasteiger partial charge in [0.25, 0.3) is 5.69 Å². The largest absolute Gasteiger partial charge is 0.472 e. The molecule has 0 radical (unpaired) electrons. The molecular weight excluding hydrogens is 392 g/mol. The minimum absolute atomic E-state index is 0.0866. The standard InChI is InChI=1S/C25H26N2O4/c28-27(29)20-10-12-24-22(18-20)21(11-9-19-6-2-1-3-7-19)23-8-4-5-13-25(23,31-24)26-14-16-30-17-15-26/h1-3,6-7,10,12,18,21,23H,4-5,8,13-17H2/t21-,23-,25-/m0/s1. The van der Waals surface area contributed by atoms with Crippen molar-refractivity contribution in [2.45, 2.75) is 37.3 Å². The van der Waals surface area contributed by atoms with E-state index in [0.717, 1.165) is 55.6 Å². The van der Waals surface area contributed by atoms with Crippen LogP contribution >= 0.6 is 0 Å². The monoisotopic (exact) mass is 418 g/mol. The van der Waals surface area contributed by atoms with Gasteiger partial charge in [0.1, 0.15) is 5.75 Å². The first-order chi connectivity index (χ1) is 15.2. The van der Waals surface area contributed by atoms with Crippen LogP contribution in [-0.4, -0.2) is 41.9 Å². The van der Waals surface area contributed by atoms with Crippen molar-refractivity contribution in [3.05, 3.63) is 69.8 Å². The number of fused-ring (bicyclic) bond motifs is 2. The number of nitro groups is 1. The Hall–Kier alpha value is -2.88. The Balaban J connectivity index is 1.63. The lowest BCUT2D eigenvalue weighted by molar-refractivity contribution is -0.385. The molecular formula is C25H26N2O4. The second-order valence-electron chi connectivity index (χ2n) is 8.49. The Morgan fingerprint density at radius 3 is 2.68 bits per heavy atom. The van der Waals surface area contributed by atoms with Crippen LogP contribution in [0.2, 0.25) is 0 Å². The molecule has 0 aromatic heterocycles. The van der Waals surface area contributed by atoms with Gasteiger partial charge in [-0.1, -0.05) is 36.5 Å². The second kappa shape index (κ2) is 8.33. The second-order valence-corrected chi connectivity index (χ2v) is 8.49. The highest BCUT2D eigenvalue weighted by Gasteiger charge is 2.54. The topological polar surface area (TPSA) is 64.8 Å². The quantitative estimate of drug-likeness (QED) is 0.412. The molecule has 0 N–H and O–H groups in total. The molecule has 0 spiro atoms. The van der Waals surface area contributed by atoms with E-state index in [9.17, 15) is 10.1 Å². The molecule has 1 saturated heterocycles. The number of benzene rings is 2. The summed E-state index contributed by atoms with van der Waals surface area (Å²) in [6.07, 6.45) is 4.16. The first-order valence-electron chi connectivity index (χ1n) is 11.0. The molecule has 5 rings (SSSR count). The predicted octanol–water partition coefficient (Wildman–Crippen LogP) is 4.34. The third kappa shape index (κ3) is 3.69. The van der Waals surface area contributed by atoms with Gasteiger partial charge >= 0.3 is 0 Å². The zero-order chi connectivity index (χ0) is 21.3. The zero-order valence-corrected chi connectivity index (χ0v) is 17.5. The third-order valence-electron chi connectivity index (χ3n) is 6.80. The van der Waals surface area contributed by atoms with Gasteiger partial charge in [-0.25, -0.2) is 0 Å². The van der Waals surface area contributed by atoms with Gasteiger partial charge in [-0.15, -0.1) is 0 Å². The molecule has 1 saturated carbocycles. The number of hydrogen-bond acceptors (Lipinski definition) is 5. The van der Waals surface area contributed by atoms with Crippen LogP contribution in [0.1, 0.15) is 42.7 Å². The van der Waals surface area contributed by atoms with Crippen LogP contribution in [0.3, 0.4) is 0 Å². The summed E-state index contributed by atoms with van der Waals surface area (Å²) in [6.45, 7) is 3.06. The van der Waals surface area contributed by atoms with Crippen molar-refractivity contribution in [1.82, 2.24) is 4.90 Å². The molecule has 6 heteroatoms. The lowest BCUT2D eigenvalue weighted by Gasteiger charge is -2.55. The van der Waals surface area contributed by atoms with E-state index in [0.29, 0.717) is 13.2 Å². The van der Waals surface area contributed by atoms with Crippen LogP contribution < -0.4 is 4.74 Å². The van der Waals surface area contributed by atoms with Gasteiger partial charge in [0.05, 0.1) is 24.1 Å². The van der Waals surface area contributed by atoms with E-state index in [4.69, 9.17) is 9.47 Å². The molecule has 0 amide bonds. The summed E-state index contributed by atoms with van der Waals surface area (Å²) in [5.41, 5.74) is 1.45. The summed E-state index contributed by atoms with van der Waals surface area (Å²) in [5, 5.41) is 11.5. The van der Waals surface area contributed by atoms with Crippen LogP contribution in [-0.2, 0) is 4.74 Å². The van der Waals surface area contributed by atoms with Crippen molar-refractivity contribution in [1.29, 1.82) is 0 Å². The van der Waals surface area contributed by atoms with E-state index in [-0.39, 0.29) is 22.4 Å². The zero-order valence-electron chi connectivity index (χ0n) is 17.5. The summed E-state index contributed by atoms with van der Waals surface area (Å²) in [6, 6.07) is 14.9. The highest BCUT2D eigenvalue weighted by molar-refractivity contribution is 5.52. The molecule has 2 aliphatic heterocycles. The summed E-state index contributed by atoms with van der Waals surface area (Å²) in [5.74, 6) is 7.61. The van der Waals surface area contributed by atoms with Gasteiger partial charge in [0.2, 0.25) is 0 Å². The highest BCUT2D eigenvalue weighted by atomic mass is 16.6. The minimum Gasteiger partial charge on any atom is -0.472 e. The molecule has 3 aliphatic rings. The van der Waals surface area contributed by atoms with E-state index in [2.05, 4.69) is 16.7 Å². The highest BCUT2D eigenvalue weighted by Crippen LogP contribution is 2.53. The van der Waals surface area contributed by atoms with Crippen molar-refractivity contribution in [3.63, 3.8) is 0 Å². The Kier molecular flexibility index (Phi) is 5.39. The Labute approximate surface area is 182 Å². The number of non-ortho nitro benzene ring substituents is 1. The maximum absolute atomic E-state index is 11.5. The normalized spacial score (nSPS) is 27.7. The summed E-state index contributed by atoms with van der Waals surface area (Å²) < 4.78 is 12.4. The average molecular weight is 418 g/mol. The molecule has 2 fully saturated rings. The smallest absolute Gasteiger partial charge is 0.270 e. The van der Waals surface area contributed by atoms with Crippen LogP contribution in [0.15, 0.2) is 48.5 Å². The number of nitrogens with zero attached hydrogens (tertiary/aromatic N) is 2. The number of morpholine rings is 1. The maximum atomic E-state index is 11.5. The molecule has 3 atom stereocenters. The SMILES string of the molecule is O=[N+]([O-])c1ccc2c(c1)[C@H](C#Cc1ccccc1)[C@@H]1CCCC[C@]1(N1CCOCC1)O2. The first kappa shape index (κ1) is 20.0. The van der Waals surface area contributed by atoms with E-state index < -0.39 is 5.72 Å². The van der Waals surface area contributed by atoms with E-state index >= 15 is 0 Å². The predicted molar refractivity (Wildman–Crippen MR) is 117 cm³/mol. The van der Waals surface area contributed by atoms with Gasteiger partial charge in [-0.2, -0.15) is 0 Å². The van der Waals surface area contributed by atoms with Crippen LogP contribution in [0.5, 0.6) is 5.75 Å².